The first-order valence-electron chi connectivity index (χ1n) is 10.3. The van der Waals surface area contributed by atoms with Gasteiger partial charge in [0, 0.05) is 148 Å². The Morgan fingerprint density at radius 1 is 0.667 bits per heavy atom. The van der Waals surface area contributed by atoms with Crippen molar-refractivity contribution in [2.75, 3.05) is 38.1 Å². The molecule has 4 rings (SSSR count). The highest BCUT2D eigenvalue weighted by atomic mass is 33.4. The highest BCUT2D eigenvalue weighted by molar-refractivity contribution is 8.72. The van der Waals surface area contributed by atoms with Crippen LogP contribution in [0.2, 0.25) is 0 Å². The standard InChI is InChI=1S/C10H9NO3.C10H11NO2.CH4.S9.S5/c1-11-8-6(9(12)10(11)13)4-3-5-7(8)14-2;1-11-9(12)6-7-4-3-5-8(13-2)10(7)11;;1-3-5-7-9-8-6-4-2;1-3-5-4-2/h3-5H,1-2H3;3-5H,6H2,1-2H3;1H4;;. The van der Waals surface area contributed by atoms with Crippen LogP contribution in [-0.2, 0) is 150 Å². The van der Waals surface area contributed by atoms with Crippen molar-refractivity contribution in [1.82, 2.24) is 0 Å². The smallest absolute Gasteiger partial charge is 0.299 e. The van der Waals surface area contributed by atoms with E-state index in [-0.39, 0.29) is 13.3 Å². The molecule has 0 aliphatic carbocycles. The van der Waals surface area contributed by atoms with E-state index in [9.17, 15) is 14.4 Å². The van der Waals surface area contributed by atoms with Gasteiger partial charge in [-0.1, -0.05) is 25.6 Å². The first kappa shape index (κ1) is 41.7. The molecule has 21 heteroatoms. The normalized spacial score (nSPS) is 11.5. The van der Waals surface area contributed by atoms with Crippen LogP contribution in [0.1, 0.15) is 23.3 Å². The molecule has 2 aliphatic rings. The molecule has 0 unspecified atom stereocenters. The lowest BCUT2D eigenvalue weighted by Crippen LogP contribution is -2.25. The fraction of sp³-hybridized carbons (Fsp3) is 0.286. The average Bonchev–Trinajstić information content (AvgIpc) is 3.41. The minimum absolute atomic E-state index is 0. The average molecular weight is 833 g/mol. The molecular formula is C21H24N2O5S14. The molecule has 0 atom stereocenters. The third-order valence-electron chi connectivity index (χ3n) is 4.87. The Morgan fingerprint density at radius 3 is 1.62 bits per heavy atom. The SMILES string of the molecule is C.COc1cccc2c1N(C)C(=O)C2.COc1cccc2c1N(C)C(=O)C2=O.S=S=S=S=S.S=S=S=S=S=S=S=S=S. The molecular weight excluding hydrogens is 809 g/mol. The number of likely N-dealkylation sites (N-methyl/N-ethyl adjacent to an activating group) is 2. The van der Waals surface area contributed by atoms with E-state index in [1.165, 1.54) is 56.4 Å². The van der Waals surface area contributed by atoms with E-state index in [0.717, 1.165) is 17.0 Å². The number of Topliss-reactive ketones (excluding diaryl/α,β-unsaturated/α-hetero) is 1. The van der Waals surface area contributed by atoms with E-state index in [4.69, 9.17) is 9.47 Å². The summed E-state index contributed by atoms with van der Waals surface area (Å²) in [5.41, 5.74) is 2.93. The number of hydrogen-bond donors (Lipinski definition) is 0. The van der Waals surface area contributed by atoms with Gasteiger partial charge in [0.15, 0.2) is 0 Å². The van der Waals surface area contributed by atoms with E-state index >= 15 is 0 Å². The maximum Gasteiger partial charge on any atom is 0.299 e. The Hall–Kier alpha value is -0.270. The second-order valence-electron chi connectivity index (χ2n) is 6.83. The number of para-hydroxylation sites is 2. The first-order valence-corrected chi connectivity index (χ1v) is 26.3. The number of amides is 2. The van der Waals surface area contributed by atoms with Crippen molar-refractivity contribution in [2.45, 2.75) is 13.8 Å². The van der Waals surface area contributed by atoms with Gasteiger partial charge in [0.1, 0.15) is 11.5 Å². The van der Waals surface area contributed by atoms with Gasteiger partial charge >= 0.3 is 0 Å². The lowest BCUT2D eigenvalue weighted by molar-refractivity contribution is -0.117. The quantitative estimate of drug-likeness (QED) is 0.426. The zero-order chi connectivity index (χ0) is 30.8. The molecule has 7 nitrogen and oxygen atoms in total. The van der Waals surface area contributed by atoms with E-state index < -0.39 is 11.7 Å². The summed E-state index contributed by atoms with van der Waals surface area (Å²) in [6.45, 7) is 0. The summed E-state index contributed by atoms with van der Waals surface area (Å²) in [4.78, 5) is 37.1. The molecule has 2 aliphatic heterocycles. The van der Waals surface area contributed by atoms with Gasteiger partial charge in [0.25, 0.3) is 11.7 Å². The lowest BCUT2D eigenvalue weighted by Gasteiger charge is -2.13. The van der Waals surface area contributed by atoms with Crippen molar-refractivity contribution < 1.29 is 23.9 Å². The predicted octanol–water partition coefficient (Wildman–Crippen LogP) is 2.67. The fourth-order valence-electron chi connectivity index (χ4n) is 3.32. The Morgan fingerprint density at radius 2 is 1.14 bits per heavy atom. The van der Waals surface area contributed by atoms with Gasteiger partial charge in [-0.15, -0.1) is 0 Å². The number of benzene rings is 2. The second kappa shape index (κ2) is 24.0. The van der Waals surface area contributed by atoms with Crippen molar-refractivity contribution in [2.24, 2.45) is 0 Å². The van der Waals surface area contributed by atoms with Crippen LogP contribution in [0.15, 0.2) is 36.4 Å². The Balaban J connectivity index is 0.000000561. The van der Waals surface area contributed by atoms with Gasteiger partial charge < -0.3 is 19.3 Å². The first-order chi connectivity index (χ1) is 19.7. The third-order valence-corrected chi connectivity index (χ3v) is 22.7. The molecule has 0 aromatic heterocycles. The zero-order valence-corrected chi connectivity index (χ0v) is 32.8. The van der Waals surface area contributed by atoms with Crippen LogP contribution in [0, 0.1) is 0 Å². The highest BCUT2D eigenvalue weighted by Crippen LogP contribution is 2.37. The van der Waals surface area contributed by atoms with E-state index in [2.05, 4.69) is 44.8 Å². The van der Waals surface area contributed by atoms with Crippen molar-refractivity contribution in [3.8, 4) is 11.5 Å². The summed E-state index contributed by atoms with van der Waals surface area (Å²) >= 11 is 18.2. The van der Waals surface area contributed by atoms with Crippen molar-refractivity contribution in [3.05, 3.63) is 47.5 Å². The van der Waals surface area contributed by atoms with Crippen LogP contribution < -0.4 is 19.3 Å². The molecule has 0 spiro atoms. The molecule has 0 saturated heterocycles. The number of hydrogen-bond acceptors (Lipinski definition) is 9. The largest absolute Gasteiger partial charge is 0.495 e. The molecule has 2 aromatic carbocycles. The van der Waals surface area contributed by atoms with E-state index in [1.807, 2.05) is 18.2 Å². The van der Waals surface area contributed by atoms with Gasteiger partial charge in [0.05, 0.1) is 37.6 Å². The molecule has 2 amide bonds. The maximum atomic E-state index is 11.4. The molecule has 0 saturated carbocycles. The highest BCUT2D eigenvalue weighted by Gasteiger charge is 2.35. The number of nitrogens with zero attached hydrogens (tertiary/aromatic N) is 2. The topological polar surface area (TPSA) is 76.2 Å². The molecule has 0 fully saturated rings. The lowest BCUT2D eigenvalue weighted by atomic mass is 10.1. The molecule has 42 heavy (non-hydrogen) atoms. The van der Waals surface area contributed by atoms with E-state index in [1.54, 1.807) is 88.7 Å². The van der Waals surface area contributed by atoms with Gasteiger partial charge in [-0.3, -0.25) is 14.4 Å². The van der Waals surface area contributed by atoms with Crippen LogP contribution in [0.3, 0.4) is 0 Å². The Labute approximate surface area is 293 Å². The summed E-state index contributed by atoms with van der Waals surface area (Å²) in [6.07, 6.45) is 0.489. The number of carbonyl (C=O) groups excluding carboxylic acids is 3. The van der Waals surface area contributed by atoms with Crippen LogP contribution in [0.4, 0.5) is 11.4 Å². The minimum atomic E-state index is -0.510. The van der Waals surface area contributed by atoms with Gasteiger partial charge in [-0.05, 0) is 23.8 Å². The fourth-order valence-corrected chi connectivity index (χ4v) is 19.8. The second-order valence-corrected chi connectivity index (χ2v) is 24.5. The van der Waals surface area contributed by atoms with Crippen molar-refractivity contribution in [3.63, 3.8) is 0 Å². The Bertz CT molecular complexity index is 1700. The van der Waals surface area contributed by atoms with Gasteiger partial charge in [0.2, 0.25) is 5.91 Å². The molecule has 2 heterocycles. The summed E-state index contributed by atoms with van der Waals surface area (Å²) in [7, 11) is 21.3. The summed E-state index contributed by atoms with van der Waals surface area (Å²) < 4.78 is 10.3. The summed E-state index contributed by atoms with van der Waals surface area (Å²) in [5, 5.41) is 0. The van der Waals surface area contributed by atoms with Crippen LogP contribution in [0.5, 0.6) is 11.5 Å². The monoisotopic (exact) mass is 832 g/mol. The summed E-state index contributed by atoms with van der Waals surface area (Å²) in [6, 6.07) is 10.8. The molecule has 0 N–H and O–H groups in total. The number of ether oxygens (including phenoxy) is 2. The van der Waals surface area contributed by atoms with Crippen molar-refractivity contribution in [1.29, 1.82) is 0 Å². The zero-order valence-electron chi connectivity index (χ0n) is 21.3. The number of rotatable bonds is 2. The molecule has 2 aromatic rings. The van der Waals surface area contributed by atoms with E-state index in [0.29, 0.717) is 23.4 Å². The number of carbonyl (C=O) groups is 3. The number of ketones is 1. The number of methoxy groups -OCH3 is 2. The predicted molar refractivity (Wildman–Crippen MR) is 211 cm³/mol. The van der Waals surface area contributed by atoms with Crippen molar-refractivity contribution >= 4 is 163 Å². The van der Waals surface area contributed by atoms with Crippen LogP contribution >= 0.6 is 0 Å². The minimum Gasteiger partial charge on any atom is -0.495 e. The maximum absolute atomic E-state index is 11.4. The van der Waals surface area contributed by atoms with Gasteiger partial charge in [-0.25, -0.2) is 0 Å². The Kier molecular flexibility index (Phi) is 23.9. The summed E-state index contributed by atoms with van der Waals surface area (Å²) in [5.74, 6) is 0.459. The molecule has 232 valence electrons. The molecule has 0 radical (unpaired) electrons. The number of fused-ring (bicyclic) bond motifs is 2. The number of anilines is 2. The van der Waals surface area contributed by atoms with Crippen LogP contribution in [-0.4, -0.2) is 45.9 Å². The molecule has 0 bridgehead atoms. The third kappa shape index (κ3) is 13.0. The van der Waals surface area contributed by atoms with Gasteiger partial charge in [-0.2, -0.15) is 0 Å². The van der Waals surface area contributed by atoms with Crippen LogP contribution in [0.25, 0.3) is 0 Å².